The number of hydrogen-bond acceptors (Lipinski definition) is 2. The average Bonchev–Trinajstić information content (AvgIpc) is 2.41. The third kappa shape index (κ3) is 3.20. The largest absolute Gasteiger partial charge is 0.497 e. The highest BCUT2D eigenvalue weighted by atomic mass is 79.9. The van der Waals surface area contributed by atoms with Crippen molar-refractivity contribution in [3.05, 3.63) is 64.1 Å². The number of benzene rings is 2. The van der Waals surface area contributed by atoms with Crippen molar-refractivity contribution in [2.45, 2.75) is 6.42 Å². The first-order valence-electron chi connectivity index (χ1n) is 5.61. The molecule has 92 valence electrons. The summed E-state index contributed by atoms with van der Waals surface area (Å²) in [4.78, 5) is 12.0. The summed E-state index contributed by atoms with van der Waals surface area (Å²) < 4.78 is 6.08. The fraction of sp³-hybridized carbons (Fsp3) is 0.133. The first-order valence-corrected chi connectivity index (χ1v) is 6.40. The van der Waals surface area contributed by atoms with Crippen LogP contribution in [0.2, 0.25) is 0 Å². The Morgan fingerprint density at radius 3 is 2.22 bits per heavy atom. The monoisotopic (exact) mass is 304 g/mol. The lowest BCUT2D eigenvalue weighted by Gasteiger charge is -2.03. The van der Waals surface area contributed by atoms with Crippen molar-refractivity contribution in [3.8, 4) is 5.75 Å². The van der Waals surface area contributed by atoms with E-state index in [2.05, 4.69) is 15.9 Å². The molecule has 0 saturated heterocycles. The van der Waals surface area contributed by atoms with Crippen LogP contribution in [-0.2, 0) is 6.42 Å². The summed E-state index contributed by atoms with van der Waals surface area (Å²) >= 11 is 3.37. The molecule has 3 heteroatoms. The molecule has 0 heterocycles. The number of carbonyl (C=O) groups excluding carboxylic acids is 1. The van der Waals surface area contributed by atoms with E-state index in [-0.39, 0.29) is 5.78 Å². The normalized spacial score (nSPS) is 10.1. The van der Waals surface area contributed by atoms with E-state index in [1.165, 1.54) is 0 Å². The SMILES string of the molecule is COc1ccc(C(=O)Cc2ccc(Br)cc2)cc1. The molecule has 0 aromatic heterocycles. The molecule has 0 unspecified atom stereocenters. The van der Waals surface area contributed by atoms with E-state index in [1.807, 2.05) is 24.3 Å². The summed E-state index contributed by atoms with van der Waals surface area (Å²) in [6.07, 6.45) is 0.416. The molecule has 0 aliphatic heterocycles. The zero-order valence-electron chi connectivity index (χ0n) is 10.0. The van der Waals surface area contributed by atoms with Crippen LogP contribution in [0.1, 0.15) is 15.9 Å². The van der Waals surface area contributed by atoms with Gasteiger partial charge in [0.1, 0.15) is 5.75 Å². The Bertz CT molecular complexity index is 529. The molecule has 0 bridgehead atoms. The van der Waals surface area contributed by atoms with Crippen molar-refractivity contribution in [1.29, 1.82) is 0 Å². The maximum absolute atomic E-state index is 12.0. The predicted molar refractivity (Wildman–Crippen MR) is 75.2 cm³/mol. The van der Waals surface area contributed by atoms with Gasteiger partial charge in [0.05, 0.1) is 7.11 Å². The van der Waals surface area contributed by atoms with Crippen LogP contribution in [0, 0.1) is 0 Å². The number of halogens is 1. The zero-order valence-corrected chi connectivity index (χ0v) is 11.6. The lowest BCUT2D eigenvalue weighted by atomic mass is 10.0. The Morgan fingerprint density at radius 2 is 1.67 bits per heavy atom. The Morgan fingerprint density at radius 1 is 1.06 bits per heavy atom. The van der Waals surface area contributed by atoms with Gasteiger partial charge in [0, 0.05) is 16.5 Å². The van der Waals surface area contributed by atoms with Gasteiger partial charge in [0.25, 0.3) is 0 Å². The third-order valence-electron chi connectivity index (χ3n) is 2.69. The zero-order chi connectivity index (χ0) is 13.0. The summed E-state index contributed by atoms with van der Waals surface area (Å²) in [7, 11) is 1.61. The van der Waals surface area contributed by atoms with Crippen molar-refractivity contribution < 1.29 is 9.53 Å². The average molecular weight is 305 g/mol. The highest BCUT2D eigenvalue weighted by Gasteiger charge is 2.07. The summed E-state index contributed by atoms with van der Waals surface area (Å²) in [5.74, 6) is 0.871. The number of rotatable bonds is 4. The van der Waals surface area contributed by atoms with Crippen LogP contribution in [0.25, 0.3) is 0 Å². The van der Waals surface area contributed by atoms with Crippen LogP contribution in [0.15, 0.2) is 53.0 Å². The second-order valence-corrected chi connectivity index (χ2v) is 4.87. The van der Waals surface area contributed by atoms with E-state index < -0.39 is 0 Å². The molecule has 2 rings (SSSR count). The van der Waals surface area contributed by atoms with Gasteiger partial charge in [-0.3, -0.25) is 4.79 Å². The van der Waals surface area contributed by atoms with Crippen LogP contribution >= 0.6 is 15.9 Å². The Labute approximate surface area is 115 Å². The number of Topliss-reactive ketones (excluding diaryl/α,β-unsaturated/α-hetero) is 1. The second kappa shape index (κ2) is 5.83. The summed E-state index contributed by atoms with van der Waals surface area (Å²) in [5, 5.41) is 0. The number of ether oxygens (including phenoxy) is 1. The van der Waals surface area contributed by atoms with Gasteiger partial charge in [-0.05, 0) is 42.0 Å². The van der Waals surface area contributed by atoms with Crippen molar-refractivity contribution in [1.82, 2.24) is 0 Å². The quantitative estimate of drug-likeness (QED) is 0.801. The Hall–Kier alpha value is -1.61. The van der Waals surface area contributed by atoms with Gasteiger partial charge in [0.2, 0.25) is 0 Å². The predicted octanol–water partition coefficient (Wildman–Crippen LogP) is 3.88. The lowest BCUT2D eigenvalue weighted by Crippen LogP contribution is -2.03. The molecule has 0 N–H and O–H groups in total. The minimum absolute atomic E-state index is 0.111. The standard InChI is InChI=1S/C15H13BrO2/c1-18-14-8-4-12(5-9-14)15(17)10-11-2-6-13(16)7-3-11/h2-9H,10H2,1H3. The number of carbonyl (C=O) groups is 1. The van der Waals surface area contributed by atoms with Gasteiger partial charge in [0.15, 0.2) is 5.78 Å². The maximum Gasteiger partial charge on any atom is 0.167 e. The smallest absolute Gasteiger partial charge is 0.167 e. The highest BCUT2D eigenvalue weighted by molar-refractivity contribution is 9.10. The van der Waals surface area contributed by atoms with Crippen LogP contribution in [-0.4, -0.2) is 12.9 Å². The number of ketones is 1. The van der Waals surface area contributed by atoms with Crippen LogP contribution < -0.4 is 4.74 Å². The van der Waals surface area contributed by atoms with Crippen molar-refractivity contribution in [2.24, 2.45) is 0 Å². The molecular formula is C15H13BrO2. The van der Waals surface area contributed by atoms with E-state index in [0.29, 0.717) is 12.0 Å². The maximum atomic E-state index is 12.0. The van der Waals surface area contributed by atoms with Gasteiger partial charge in [-0.25, -0.2) is 0 Å². The molecule has 0 spiro atoms. The summed E-state index contributed by atoms with van der Waals surface area (Å²) in [5.41, 5.74) is 1.72. The van der Waals surface area contributed by atoms with Crippen LogP contribution in [0.3, 0.4) is 0 Å². The van der Waals surface area contributed by atoms with Gasteiger partial charge in [-0.2, -0.15) is 0 Å². The van der Waals surface area contributed by atoms with Crippen LogP contribution in [0.5, 0.6) is 5.75 Å². The van der Waals surface area contributed by atoms with E-state index in [9.17, 15) is 4.79 Å². The van der Waals surface area contributed by atoms with Crippen molar-refractivity contribution in [3.63, 3.8) is 0 Å². The number of methoxy groups -OCH3 is 1. The minimum Gasteiger partial charge on any atom is -0.497 e. The fourth-order valence-electron chi connectivity index (χ4n) is 1.67. The molecule has 2 nitrogen and oxygen atoms in total. The Balaban J connectivity index is 2.09. The molecule has 2 aromatic carbocycles. The highest BCUT2D eigenvalue weighted by Crippen LogP contribution is 2.15. The molecule has 0 saturated carbocycles. The van der Waals surface area contributed by atoms with Gasteiger partial charge in [-0.1, -0.05) is 28.1 Å². The van der Waals surface area contributed by atoms with E-state index >= 15 is 0 Å². The lowest BCUT2D eigenvalue weighted by molar-refractivity contribution is 0.0993. The molecule has 0 aliphatic rings. The van der Waals surface area contributed by atoms with Gasteiger partial charge >= 0.3 is 0 Å². The van der Waals surface area contributed by atoms with E-state index in [4.69, 9.17) is 4.74 Å². The first-order chi connectivity index (χ1) is 8.69. The molecular weight excluding hydrogens is 292 g/mol. The number of hydrogen-bond donors (Lipinski definition) is 0. The van der Waals surface area contributed by atoms with E-state index in [0.717, 1.165) is 15.8 Å². The molecule has 0 aliphatic carbocycles. The molecule has 0 atom stereocenters. The van der Waals surface area contributed by atoms with Gasteiger partial charge in [-0.15, -0.1) is 0 Å². The van der Waals surface area contributed by atoms with Crippen LogP contribution in [0.4, 0.5) is 0 Å². The first kappa shape index (κ1) is 12.8. The molecule has 18 heavy (non-hydrogen) atoms. The molecule has 0 amide bonds. The fourth-order valence-corrected chi connectivity index (χ4v) is 1.93. The Kier molecular flexibility index (Phi) is 4.15. The summed E-state index contributed by atoms with van der Waals surface area (Å²) in [6.45, 7) is 0. The molecule has 2 aromatic rings. The van der Waals surface area contributed by atoms with Crippen molar-refractivity contribution in [2.75, 3.05) is 7.11 Å². The molecule has 0 radical (unpaired) electrons. The second-order valence-electron chi connectivity index (χ2n) is 3.95. The molecule has 0 fully saturated rings. The topological polar surface area (TPSA) is 26.3 Å². The minimum atomic E-state index is 0.111. The van der Waals surface area contributed by atoms with Gasteiger partial charge < -0.3 is 4.74 Å². The van der Waals surface area contributed by atoms with Crippen molar-refractivity contribution >= 4 is 21.7 Å². The summed E-state index contributed by atoms with van der Waals surface area (Å²) in [6, 6.07) is 15.0. The third-order valence-corrected chi connectivity index (χ3v) is 3.22. The van der Waals surface area contributed by atoms with E-state index in [1.54, 1.807) is 31.4 Å².